The lowest BCUT2D eigenvalue weighted by atomic mass is 9.84. The van der Waals surface area contributed by atoms with Crippen LogP contribution in [0.4, 0.5) is 0 Å². The Bertz CT molecular complexity index is 869. The molecule has 0 spiro atoms. The van der Waals surface area contributed by atoms with Crippen molar-refractivity contribution in [3.05, 3.63) is 52.9 Å². The van der Waals surface area contributed by atoms with Gasteiger partial charge in [-0.2, -0.15) is 0 Å². The first kappa shape index (κ1) is 20.8. The molecule has 2 heterocycles. The van der Waals surface area contributed by atoms with Crippen LogP contribution < -0.4 is 4.74 Å². The van der Waals surface area contributed by atoms with Gasteiger partial charge in [0.25, 0.3) is 11.8 Å². The van der Waals surface area contributed by atoms with Gasteiger partial charge in [-0.1, -0.05) is 30.9 Å². The molecular weight excluding hydrogens is 404 g/mol. The Morgan fingerprint density at radius 3 is 2.47 bits per heavy atom. The minimum absolute atomic E-state index is 0.00647. The van der Waals surface area contributed by atoms with E-state index in [1.807, 2.05) is 18.2 Å². The number of benzene rings is 1. The fraction of sp³-hybridized carbons (Fsp3) is 0.478. The van der Waals surface area contributed by atoms with Crippen LogP contribution in [0.5, 0.6) is 5.75 Å². The van der Waals surface area contributed by atoms with Crippen molar-refractivity contribution in [3.63, 3.8) is 0 Å². The molecule has 0 bridgehead atoms. The zero-order chi connectivity index (χ0) is 20.9. The maximum atomic E-state index is 12.7. The first-order chi connectivity index (χ1) is 14.6. The van der Waals surface area contributed by atoms with Crippen molar-refractivity contribution in [2.24, 2.45) is 0 Å². The first-order valence-electron chi connectivity index (χ1n) is 10.6. The van der Waals surface area contributed by atoms with Crippen LogP contribution in [0, 0.1) is 0 Å². The maximum absolute atomic E-state index is 12.7. The highest BCUT2D eigenvalue weighted by Gasteiger charge is 2.27. The summed E-state index contributed by atoms with van der Waals surface area (Å²) in [5.41, 5.74) is 1.11. The number of nitrogens with zero attached hydrogens (tertiary/aromatic N) is 2. The number of piperazine rings is 1. The summed E-state index contributed by atoms with van der Waals surface area (Å²) >= 11 is 6.23. The number of halogens is 1. The average Bonchev–Trinajstić information content (AvgIpc) is 3.33. The number of carbonyl (C=O) groups excluding carboxylic acids is 2. The molecule has 30 heavy (non-hydrogen) atoms. The van der Waals surface area contributed by atoms with Crippen molar-refractivity contribution >= 4 is 23.4 Å². The molecule has 2 aliphatic rings. The van der Waals surface area contributed by atoms with Crippen LogP contribution >= 0.6 is 11.6 Å². The second-order valence-electron chi connectivity index (χ2n) is 7.96. The van der Waals surface area contributed by atoms with Gasteiger partial charge in [0.1, 0.15) is 5.75 Å². The molecule has 4 rings (SSSR count). The molecule has 1 aromatic carbocycles. The van der Waals surface area contributed by atoms with Crippen LogP contribution in [-0.2, 0) is 4.79 Å². The summed E-state index contributed by atoms with van der Waals surface area (Å²) in [6, 6.07) is 9.02. The van der Waals surface area contributed by atoms with Crippen LogP contribution in [0.2, 0.25) is 5.02 Å². The van der Waals surface area contributed by atoms with Gasteiger partial charge in [-0.05, 0) is 54.7 Å². The number of amides is 2. The Hall–Kier alpha value is -2.47. The Morgan fingerprint density at radius 2 is 1.77 bits per heavy atom. The number of hydrogen-bond acceptors (Lipinski definition) is 4. The van der Waals surface area contributed by atoms with Crippen LogP contribution in [0.15, 0.2) is 41.0 Å². The highest BCUT2D eigenvalue weighted by molar-refractivity contribution is 6.30. The third-order valence-electron chi connectivity index (χ3n) is 6.02. The average molecular weight is 431 g/mol. The minimum Gasteiger partial charge on any atom is -0.483 e. The van der Waals surface area contributed by atoms with Crippen LogP contribution in [0.3, 0.4) is 0 Å². The van der Waals surface area contributed by atoms with Crippen molar-refractivity contribution in [1.29, 1.82) is 0 Å². The second kappa shape index (κ2) is 9.56. The standard InChI is InChI=1S/C23H27ClN2O4/c24-18-8-9-20(19(15-18)17-5-2-1-3-6-17)30-16-22(27)25-10-12-26(13-11-25)23(28)21-7-4-14-29-21/h4,7-9,14-15,17H,1-3,5-6,10-13,16H2. The second-order valence-corrected chi connectivity index (χ2v) is 8.39. The lowest BCUT2D eigenvalue weighted by Gasteiger charge is -2.34. The molecule has 2 aromatic rings. The van der Waals surface area contributed by atoms with Gasteiger partial charge in [0.2, 0.25) is 0 Å². The Labute approximate surface area is 181 Å². The van der Waals surface area contributed by atoms with Crippen molar-refractivity contribution in [3.8, 4) is 5.75 Å². The Balaban J connectivity index is 1.32. The van der Waals surface area contributed by atoms with Crippen LogP contribution in [-0.4, -0.2) is 54.4 Å². The molecule has 1 aromatic heterocycles. The predicted molar refractivity (Wildman–Crippen MR) is 114 cm³/mol. The van der Waals surface area contributed by atoms with Gasteiger partial charge in [0.15, 0.2) is 12.4 Å². The first-order valence-corrected chi connectivity index (χ1v) is 11.0. The molecule has 160 valence electrons. The molecule has 0 unspecified atom stereocenters. The van der Waals surface area contributed by atoms with E-state index in [-0.39, 0.29) is 18.4 Å². The molecule has 1 saturated carbocycles. The van der Waals surface area contributed by atoms with Crippen molar-refractivity contribution < 1.29 is 18.7 Å². The normalized spacial score (nSPS) is 17.8. The fourth-order valence-electron chi connectivity index (χ4n) is 4.33. The zero-order valence-electron chi connectivity index (χ0n) is 17.0. The SMILES string of the molecule is O=C(COc1ccc(Cl)cc1C1CCCCC1)N1CCN(C(=O)c2ccco2)CC1. The van der Waals surface area contributed by atoms with E-state index < -0.39 is 0 Å². The highest BCUT2D eigenvalue weighted by Crippen LogP contribution is 2.38. The van der Waals surface area contributed by atoms with Gasteiger partial charge in [-0.25, -0.2) is 0 Å². The van der Waals surface area contributed by atoms with E-state index in [0.717, 1.165) is 24.2 Å². The lowest BCUT2D eigenvalue weighted by Crippen LogP contribution is -2.51. The summed E-state index contributed by atoms with van der Waals surface area (Å²) in [7, 11) is 0. The molecule has 2 amide bonds. The topological polar surface area (TPSA) is 63.0 Å². The Morgan fingerprint density at radius 1 is 1.03 bits per heavy atom. The summed E-state index contributed by atoms with van der Waals surface area (Å²) in [5.74, 6) is 1.33. The summed E-state index contributed by atoms with van der Waals surface area (Å²) in [6.45, 7) is 1.95. The van der Waals surface area contributed by atoms with Gasteiger partial charge in [0, 0.05) is 31.2 Å². The molecule has 0 N–H and O–H groups in total. The molecular formula is C23H27ClN2O4. The lowest BCUT2D eigenvalue weighted by molar-refractivity contribution is -0.134. The van der Waals surface area contributed by atoms with Crippen molar-refractivity contribution in [2.45, 2.75) is 38.0 Å². The smallest absolute Gasteiger partial charge is 0.289 e. The summed E-state index contributed by atoms with van der Waals surface area (Å²) in [4.78, 5) is 28.5. The number of hydrogen-bond donors (Lipinski definition) is 0. The number of ether oxygens (including phenoxy) is 1. The number of rotatable bonds is 5. The highest BCUT2D eigenvalue weighted by atomic mass is 35.5. The molecule has 7 heteroatoms. The van der Waals surface area contributed by atoms with Gasteiger partial charge < -0.3 is 19.0 Å². The van der Waals surface area contributed by atoms with Crippen LogP contribution in [0.25, 0.3) is 0 Å². The van der Waals surface area contributed by atoms with E-state index in [2.05, 4.69) is 0 Å². The fourth-order valence-corrected chi connectivity index (χ4v) is 4.51. The van der Waals surface area contributed by atoms with E-state index >= 15 is 0 Å². The molecule has 6 nitrogen and oxygen atoms in total. The zero-order valence-corrected chi connectivity index (χ0v) is 17.8. The molecule has 0 radical (unpaired) electrons. The van der Waals surface area contributed by atoms with Gasteiger partial charge >= 0.3 is 0 Å². The molecule has 1 aliphatic carbocycles. The minimum atomic E-state index is -0.137. The number of furan rings is 1. The summed E-state index contributed by atoms with van der Waals surface area (Å²) in [5, 5.41) is 0.701. The van der Waals surface area contributed by atoms with E-state index in [9.17, 15) is 9.59 Å². The van der Waals surface area contributed by atoms with Gasteiger partial charge in [0.05, 0.1) is 6.26 Å². The van der Waals surface area contributed by atoms with Crippen LogP contribution in [0.1, 0.15) is 54.1 Å². The maximum Gasteiger partial charge on any atom is 0.289 e. The Kier molecular flexibility index (Phi) is 6.62. The van der Waals surface area contributed by atoms with E-state index in [4.69, 9.17) is 20.8 Å². The summed E-state index contributed by atoms with van der Waals surface area (Å²) in [6.07, 6.45) is 7.47. The van der Waals surface area contributed by atoms with E-state index in [0.29, 0.717) is 42.9 Å². The third-order valence-corrected chi connectivity index (χ3v) is 6.25. The van der Waals surface area contributed by atoms with Gasteiger partial charge in [-0.15, -0.1) is 0 Å². The molecule has 0 atom stereocenters. The van der Waals surface area contributed by atoms with Crippen molar-refractivity contribution in [2.75, 3.05) is 32.8 Å². The van der Waals surface area contributed by atoms with E-state index in [1.165, 1.54) is 25.5 Å². The molecule has 2 fully saturated rings. The largest absolute Gasteiger partial charge is 0.483 e. The summed E-state index contributed by atoms with van der Waals surface area (Å²) < 4.78 is 11.1. The van der Waals surface area contributed by atoms with Gasteiger partial charge in [-0.3, -0.25) is 9.59 Å². The number of carbonyl (C=O) groups is 2. The molecule has 1 aliphatic heterocycles. The molecule has 1 saturated heterocycles. The van der Waals surface area contributed by atoms with E-state index in [1.54, 1.807) is 21.9 Å². The third kappa shape index (κ3) is 4.81. The van der Waals surface area contributed by atoms with Crippen molar-refractivity contribution in [1.82, 2.24) is 9.80 Å². The predicted octanol–water partition coefficient (Wildman–Crippen LogP) is 4.34. The monoisotopic (exact) mass is 430 g/mol. The quantitative estimate of drug-likeness (QED) is 0.707.